The van der Waals surface area contributed by atoms with E-state index in [0.29, 0.717) is 25.9 Å². The molecule has 1 aromatic rings. The van der Waals surface area contributed by atoms with Crippen LogP contribution in [-0.4, -0.2) is 57.9 Å². The maximum absolute atomic E-state index is 13.1. The molecule has 0 aliphatic rings. The third-order valence-corrected chi connectivity index (χ3v) is 5.04. The third kappa shape index (κ3) is 5.48. The van der Waals surface area contributed by atoms with E-state index in [-0.39, 0.29) is 36.8 Å². The number of ketones is 2. The van der Waals surface area contributed by atoms with Crippen LogP contribution in [0.4, 0.5) is 0 Å². The van der Waals surface area contributed by atoms with Gasteiger partial charge in [0.25, 0.3) is 0 Å². The maximum atomic E-state index is 13.1. The number of carboxylic acid groups (broad SMARTS) is 2. The Morgan fingerprint density at radius 1 is 0.700 bits per heavy atom. The molecule has 0 saturated carbocycles. The number of benzene rings is 1. The zero-order valence-corrected chi connectivity index (χ0v) is 16.8. The van der Waals surface area contributed by atoms with E-state index in [2.05, 4.69) is 0 Å². The Morgan fingerprint density at radius 3 is 1.30 bits per heavy atom. The number of aliphatic carboxylic acids is 2. The highest BCUT2D eigenvalue weighted by atomic mass is 16.4. The van der Waals surface area contributed by atoms with E-state index in [1.54, 1.807) is 0 Å². The van der Waals surface area contributed by atoms with Crippen LogP contribution in [0.2, 0.25) is 0 Å². The lowest BCUT2D eigenvalue weighted by molar-refractivity contribution is -0.142. The van der Waals surface area contributed by atoms with Crippen LogP contribution in [0.3, 0.4) is 0 Å². The van der Waals surface area contributed by atoms with E-state index in [1.807, 2.05) is 0 Å². The molecule has 0 aliphatic heterocycles. The summed E-state index contributed by atoms with van der Waals surface area (Å²) in [7, 11) is 0. The summed E-state index contributed by atoms with van der Waals surface area (Å²) in [6.45, 7) is 0.603. The molecule has 10 N–H and O–H groups in total. The van der Waals surface area contributed by atoms with Gasteiger partial charge in [-0.15, -0.1) is 0 Å². The number of unbranched alkanes of at least 4 members (excludes halogenated alkanes) is 2. The van der Waals surface area contributed by atoms with E-state index in [1.165, 1.54) is 24.3 Å². The van der Waals surface area contributed by atoms with Gasteiger partial charge in [0, 0.05) is 11.1 Å². The number of rotatable bonds is 14. The van der Waals surface area contributed by atoms with Gasteiger partial charge in [0.05, 0.1) is 0 Å². The summed E-state index contributed by atoms with van der Waals surface area (Å²) >= 11 is 0. The monoisotopic (exact) mass is 422 g/mol. The van der Waals surface area contributed by atoms with Crippen molar-refractivity contribution in [2.75, 3.05) is 13.1 Å². The number of hydrogen-bond acceptors (Lipinski definition) is 8. The van der Waals surface area contributed by atoms with Gasteiger partial charge in [-0.05, 0) is 51.6 Å². The highest BCUT2D eigenvalue weighted by molar-refractivity contribution is 6.24. The molecule has 10 nitrogen and oxygen atoms in total. The van der Waals surface area contributed by atoms with E-state index < -0.39 is 34.6 Å². The summed E-state index contributed by atoms with van der Waals surface area (Å²) in [4.78, 5) is 49.8. The maximum Gasteiger partial charge on any atom is 0.331 e. The smallest absolute Gasteiger partial charge is 0.331 e. The second-order valence-electron chi connectivity index (χ2n) is 7.25. The Bertz CT molecular complexity index is 734. The van der Waals surface area contributed by atoms with Crippen molar-refractivity contribution >= 4 is 23.5 Å². The molecule has 166 valence electrons. The molecule has 0 aliphatic carbocycles. The van der Waals surface area contributed by atoms with Crippen molar-refractivity contribution in [3.63, 3.8) is 0 Å². The fourth-order valence-electron chi connectivity index (χ4n) is 3.09. The summed E-state index contributed by atoms with van der Waals surface area (Å²) in [5.41, 5.74) is 17.6. The Labute approximate surface area is 174 Å². The molecule has 2 atom stereocenters. The van der Waals surface area contributed by atoms with Gasteiger partial charge in [-0.1, -0.05) is 24.3 Å². The Kier molecular flexibility index (Phi) is 9.24. The van der Waals surface area contributed by atoms with Crippen LogP contribution in [0.15, 0.2) is 24.3 Å². The fourth-order valence-corrected chi connectivity index (χ4v) is 3.09. The van der Waals surface area contributed by atoms with Crippen LogP contribution >= 0.6 is 0 Å². The van der Waals surface area contributed by atoms with E-state index in [4.69, 9.17) is 22.9 Å². The van der Waals surface area contributed by atoms with Gasteiger partial charge in [-0.3, -0.25) is 9.59 Å². The van der Waals surface area contributed by atoms with Crippen molar-refractivity contribution < 1.29 is 29.4 Å². The highest BCUT2D eigenvalue weighted by Gasteiger charge is 2.46. The van der Waals surface area contributed by atoms with Gasteiger partial charge < -0.3 is 33.1 Å². The summed E-state index contributed by atoms with van der Waals surface area (Å²) in [5.74, 6) is -5.09. The van der Waals surface area contributed by atoms with E-state index in [9.17, 15) is 29.4 Å². The molecule has 0 aromatic heterocycles. The van der Waals surface area contributed by atoms with Gasteiger partial charge in [0.15, 0.2) is 22.6 Å². The molecular formula is C20H30N4O6. The minimum atomic E-state index is -2.29. The molecule has 10 heteroatoms. The van der Waals surface area contributed by atoms with Gasteiger partial charge >= 0.3 is 11.9 Å². The average Bonchev–Trinajstić information content (AvgIpc) is 2.72. The normalized spacial score (nSPS) is 15.1. The molecule has 0 heterocycles. The first kappa shape index (κ1) is 25.4. The van der Waals surface area contributed by atoms with Gasteiger partial charge in [0.2, 0.25) is 0 Å². The van der Waals surface area contributed by atoms with Gasteiger partial charge in [-0.25, -0.2) is 9.59 Å². The molecule has 0 unspecified atom stereocenters. The topological polar surface area (TPSA) is 213 Å². The molecule has 0 saturated heterocycles. The summed E-state index contributed by atoms with van der Waals surface area (Å²) in [6.07, 6.45) is 1.12. The number of carbonyl (C=O) groups is 4. The Hall–Kier alpha value is -2.66. The number of carbonyl (C=O) groups excluding carboxylic acids is 2. The fraction of sp³-hybridized carbons (Fsp3) is 0.500. The number of hydrogen-bond donors (Lipinski definition) is 6. The highest BCUT2D eigenvalue weighted by Crippen LogP contribution is 2.25. The number of nitrogens with two attached hydrogens (primary N) is 4. The zero-order chi connectivity index (χ0) is 22.9. The van der Waals surface area contributed by atoms with E-state index in [0.717, 1.165) is 0 Å². The van der Waals surface area contributed by atoms with Crippen LogP contribution < -0.4 is 22.9 Å². The Morgan fingerprint density at radius 2 is 1.03 bits per heavy atom. The SMILES string of the molecule is NCCCC[C@](N)(C(=O)O)C(=O)c1ccccc1C(=O)[C@](N)(CCCCN)C(=O)O. The van der Waals surface area contributed by atoms with Crippen LogP contribution in [0, 0.1) is 0 Å². The number of carboxylic acids is 2. The predicted molar refractivity (Wildman–Crippen MR) is 110 cm³/mol. The minimum Gasteiger partial charge on any atom is -0.480 e. The molecule has 30 heavy (non-hydrogen) atoms. The van der Waals surface area contributed by atoms with Crippen molar-refractivity contribution in [3.05, 3.63) is 35.4 Å². The molecule has 0 spiro atoms. The second kappa shape index (κ2) is 10.9. The molecule has 0 bridgehead atoms. The van der Waals surface area contributed by atoms with Gasteiger partial charge in [-0.2, -0.15) is 0 Å². The number of Topliss-reactive ketones (excluding diaryl/α,β-unsaturated/α-hetero) is 2. The largest absolute Gasteiger partial charge is 0.480 e. The summed E-state index contributed by atoms with van der Waals surface area (Å²) in [5, 5.41) is 19.2. The quantitative estimate of drug-likeness (QED) is 0.133. The standard InChI is InChI=1S/C20H30N4O6/c21-11-5-3-9-19(23,17(27)28)15(25)13-7-1-2-8-14(13)16(26)20(24,18(29)30)10-4-6-12-22/h1-2,7-8H,3-6,9-12,21-24H2,(H,27,28)(H,29,30)/t19-,20-/m1/s1. The predicted octanol–water partition coefficient (Wildman–Crippen LogP) is -0.126. The van der Waals surface area contributed by atoms with Crippen molar-refractivity contribution in [3.8, 4) is 0 Å². The minimum absolute atomic E-state index is 0.190. The van der Waals surface area contributed by atoms with Crippen molar-refractivity contribution in [2.45, 2.75) is 49.6 Å². The molecule has 1 rings (SSSR count). The van der Waals surface area contributed by atoms with E-state index >= 15 is 0 Å². The molecule has 1 aromatic carbocycles. The lowest BCUT2D eigenvalue weighted by Gasteiger charge is -2.27. The average molecular weight is 422 g/mol. The van der Waals surface area contributed by atoms with Crippen LogP contribution in [0.1, 0.15) is 59.2 Å². The second-order valence-corrected chi connectivity index (χ2v) is 7.25. The lowest BCUT2D eigenvalue weighted by atomic mass is 9.79. The lowest BCUT2D eigenvalue weighted by Crippen LogP contribution is -2.57. The van der Waals surface area contributed by atoms with Crippen molar-refractivity contribution in [1.82, 2.24) is 0 Å². The first-order valence-corrected chi connectivity index (χ1v) is 9.69. The molecular weight excluding hydrogens is 392 g/mol. The van der Waals surface area contributed by atoms with Crippen LogP contribution in [0.25, 0.3) is 0 Å². The van der Waals surface area contributed by atoms with Crippen molar-refractivity contribution in [2.24, 2.45) is 22.9 Å². The first-order valence-electron chi connectivity index (χ1n) is 9.69. The third-order valence-electron chi connectivity index (χ3n) is 5.04. The van der Waals surface area contributed by atoms with Crippen LogP contribution in [-0.2, 0) is 9.59 Å². The van der Waals surface area contributed by atoms with Crippen LogP contribution in [0.5, 0.6) is 0 Å². The Balaban J connectivity index is 3.39. The van der Waals surface area contributed by atoms with Crippen molar-refractivity contribution in [1.29, 1.82) is 0 Å². The zero-order valence-electron chi connectivity index (χ0n) is 16.8. The molecule has 0 amide bonds. The summed E-state index contributed by atoms with van der Waals surface area (Å²) in [6, 6.07) is 5.34. The molecule has 0 fully saturated rings. The van der Waals surface area contributed by atoms with Gasteiger partial charge in [0.1, 0.15) is 0 Å². The first-order chi connectivity index (χ1) is 14.1. The summed E-state index contributed by atoms with van der Waals surface area (Å²) < 4.78 is 0. The molecule has 0 radical (unpaired) electrons.